The van der Waals surface area contributed by atoms with Crippen LogP contribution in [0.3, 0.4) is 0 Å². The van der Waals surface area contributed by atoms with Gasteiger partial charge in [-0.05, 0) is 29.0 Å². The lowest BCUT2D eigenvalue weighted by Crippen LogP contribution is -2.30. The predicted octanol–water partition coefficient (Wildman–Crippen LogP) is 2.42. The molecule has 1 amide bonds. The largest absolute Gasteiger partial charge is 0.361 e. The zero-order valence-corrected chi connectivity index (χ0v) is 12.2. The predicted molar refractivity (Wildman–Crippen MR) is 82.5 cm³/mol. The third-order valence-electron chi connectivity index (χ3n) is 3.18. The maximum absolute atomic E-state index is 11.5. The first-order chi connectivity index (χ1) is 9.65. The maximum atomic E-state index is 11.5. The lowest BCUT2D eigenvalue weighted by molar-refractivity contribution is -0.121. The minimum atomic E-state index is 0.117. The van der Waals surface area contributed by atoms with E-state index in [1.165, 1.54) is 10.9 Å². The van der Waals surface area contributed by atoms with Crippen molar-refractivity contribution < 1.29 is 4.79 Å². The highest BCUT2D eigenvalue weighted by Crippen LogP contribution is 2.13. The highest BCUT2D eigenvalue weighted by Gasteiger charge is 2.02. The molecule has 0 bridgehead atoms. The number of aromatic nitrogens is 1. The van der Waals surface area contributed by atoms with Crippen molar-refractivity contribution >= 4 is 16.8 Å². The highest BCUT2D eigenvalue weighted by atomic mass is 16.1. The second kappa shape index (κ2) is 7.10. The lowest BCUT2D eigenvalue weighted by Gasteiger charge is -2.08. The van der Waals surface area contributed by atoms with E-state index in [1.807, 2.05) is 6.20 Å². The highest BCUT2D eigenvalue weighted by molar-refractivity contribution is 5.79. The van der Waals surface area contributed by atoms with Crippen molar-refractivity contribution in [1.82, 2.24) is 15.6 Å². The minimum Gasteiger partial charge on any atom is -0.361 e. The number of nitrogens with one attached hydrogen (secondary N) is 3. The fourth-order valence-corrected chi connectivity index (χ4v) is 2.05. The summed E-state index contributed by atoms with van der Waals surface area (Å²) in [6.07, 6.45) is 2.47. The molecule has 2 aromatic rings. The van der Waals surface area contributed by atoms with E-state index in [9.17, 15) is 4.79 Å². The summed E-state index contributed by atoms with van der Waals surface area (Å²) in [6.45, 7) is 6.42. The van der Waals surface area contributed by atoms with Crippen LogP contribution in [0, 0.1) is 5.92 Å². The van der Waals surface area contributed by atoms with Crippen LogP contribution < -0.4 is 10.6 Å². The molecule has 4 heteroatoms. The van der Waals surface area contributed by atoms with Crippen LogP contribution in [-0.4, -0.2) is 24.0 Å². The Kier molecular flexibility index (Phi) is 5.18. The van der Waals surface area contributed by atoms with Gasteiger partial charge >= 0.3 is 0 Å². The number of benzene rings is 1. The standard InChI is InChI=1S/C16H23N3O/c1-12(2)10-19-16(20)6-7-17-11-13-3-4-14-5-8-18-15(14)9-13/h3-5,8-9,12,17-18H,6-7,10-11H2,1-2H3,(H,19,20). The van der Waals surface area contributed by atoms with Gasteiger partial charge in [0.15, 0.2) is 0 Å². The van der Waals surface area contributed by atoms with Crippen molar-refractivity contribution in [1.29, 1.82) is 0 Å². The van der Waals surface area contributed by atoms with Gasteiger partial charge in [-0.15, -0.1) is 0 Å². The topological polar surface area (TPSA) is 56.9 Å². The molecule has 0 fully saturated rings. The second-order valence-corrected chi connectivity index (χ2v) is 5.52. The summed E-state index contributed by atoms with van der Waals surface area (Å²) in [7, 11) is 0. The zero-order chi connectivity index (χ0) is 14.4. The first kappa shape index (κ1) is 14.6. The summed E-state index contributed by atoms with van der Waals surface area (Å²) in [4.78, 5) is 14.7. The van der Waals surface area contributed by atoms with Crippen LogP contribution >= 0.6 is 0 Å². The fraction of sp³-hybridized carbons (Fsp3) is 0.438. The van der Waals surface area contributed by atoms with Crippen molar-refractivity contribution in [2.24, 2.45) is 5.92 Å². The van der Waals surface area contributed by atoms with Gasteiger partial charge in [0.2, 0.25) is 5.91 Å². The summed E-state index contributed by atoms with van der Waals surface area (Å²) in [5.41, 5.74) is 2.38. The van der Waals surface area contributed by atoms with E-state index < -0.39 is 0 Å². The molecule has 1 aromatic heterocycles. The van der Waals surface area contributed by atoms with Crippen LogP contribution in [-0.2, 0) is 11.3 Å². The summed E-state index contributed by atoms with van der Waals surface area (Å²) in [6, 6.07) is 8.42. The van der Waals surface area contributed by atoms with Crippen molar-refractivity contribution in [2.45, 2.75) is 26.8 Å². The van der Waals surface area contributed by atoms with E-state index in [4.69, 9.17) is 0 Å². The van der Waals surface area contributed by atoms with Crippen molar-refractivity contribution in [3.8, 4) is 0 Å². The Morgan fingerprint density at radius 3 is 2.95 bits per heavy atom. The van der Waals surface area contributed by atoms with Gasteiger partial charge in [-0.3, -0.25) is 4.79 Å². The molecule has 1 aromatic carbocycles. The number of hydrogen-bond acceptors (Lipinski definition) is 2. The van der Waals surface area contributed by atoms with Gasteiger partial charge in [0.05, 0.1) is 0 Å². The molecule has 0 spiro atoms. The molecule has 0 radical (unpaired) electrons. The minimum absolute atomic E-state index is 0.117. The molecule has 2 rings (SSSR count). The van der Waals surface area contributed by atoms with E-state index in [1.54, 1.807) is 0 Å². The van der Waals surface area contributed by atoms with Crippen LogP contribution in [0.2, 0.25) is 0 Å². The Morgan fingerprint density at radius 2 is 2.15 bits per heavy atom. The van der Waals surface area contributed by atoms with E-state index >= 15 is 0 Å². The van der Waals surface area contributed by atoms with E-state index in [-0.39, 0.29) is 5.91 Å². The Morgan fingerprint density at radius 1 is 1.30 bits per heavy atom. The molecule has 4 nitrogen and oxygen atoms in total. The smallest absolute Gasteiger partial charge is 0.221 e. The van der Waals surface area contributed by atoms with Crippen molar-refractivity contribution in [2.75, 3.05) is 13.1 Å². The van der Waals surface area contributed by atoms with Gasteiger partial charge in [-0.25, -0.2) is 0 Å². The number of carbonyl (C=O) groups is 1. The Balaban J connectivity index is 1.69. The normalized spacial score (nSPS) is 11.2. The van der Waals surface area contributed by atoms with Crippen LogP contribution in [0.5, 0.6) is 0 Å². The Bertz CT molecular complexity index is 560. The number of H-pyrrole nitrogens is 1. The molecule has 0 aliphatic heterocycles. The first-order valence-electron chi connectivity index (χ1n) is 7.18. The van der Waals surface area contributed by atoms with Gasteiger partial charge in [-0.2, -0.15) is 0 Å². The third-order valence-corrected chi connectivity index (χ3v) is 3.18. The van der Waals surface area contributed by atoms with E-state index in [2.05, 4.69) is 53.7 Å². The molecule has 0 aliphatic rings. The quantitative estimate of drug-likeness (QED) is 0.679. The molecule has 0 saturated heterocycles. The number of carbonyl (C=O) groups excluding carboxylic acids is 1. The van der Waals surface area contributed by atoms with Crippen LogP contribution in [0.4, 0.5) is 0 Å². The van der Waals surface area contributed by atoms with Crippen LogP contribution in [0.25, 0.3) is 10.9 Å². The van der Waals surface area contributed by atoms with Gasteiger partial charge in [0, 0.05) is 37.8 Å². The molecular formula is C16H23N3O. The Hall–Kier alpha value is -1.81. The van der Waals surface area contributed by atoms with Gasteiger partial charge < -0.3 is 15.6 Å². The van der Waals surface area contributed by atoms with Gasteiger partial charge in [0.25, 0.3) is 0 Å². The molecule has 108 valence electrons. The monoisotopic (exact) mass is 273 g/mol. The maximum Gasteiger partial charge on any atom is 0.221 e. The molecule has 0 saturated carbocycles. The van der Waals surface area contributed by atoms with Crippen molar-refractivity contribution in [3.63, 3.8) is 0 Å². The SMILES string of the molecule is CC(C)CNC(=O)CCNCc1ccc2cc[nH]c2c1. The molecule has 0 unspecified atom stereocenters. The number of amides is 1. The zero-order valence-electron chi connectivity index (χ0n) is 12.2. The summed E-state index contributed by atoms with van der Waals surface area (Å²) in [5.74, 6) is 0.616. The molecule has 1 heterocycles. The molecule has 3 N–H and O–H groups in total. The number of fused-ring (bicyclic) bond motifs is 1. The number of aromatic amines is 1. The second-order valence-electron chi connectivity index (χ2n) is 5.52. The molecule has 0 atom stereocenters. The fourth-order valence-electron chi connectivity index (χ4n) is 2.05. The summed E-state index contributed by atoms with van der Waals surface area (Å²) >= 11 is 0. The number of rotatable bonds is 7. The molecular weight excluding hydrogens is 250 g/mol. The molecule has 0 aliphatic carbocycles. The summed E-state index contributed by atoms with van der Waals surface area (Å²) in [5, 5.41) is 7.44. The third kappa shape index (κ3) is 4.38. The first-order valence-corrected chi connectivity index (χ1v) is 7.18. The van der Waals surface area contributed by atoms with Gasteiger partial charge in [-0.1, -0.05) is 26.0 Å². The number of hydrogen-bond donors (Lipinski definition) is 3. The summed E-state index contributed by atoms with van der Waals surface area (Å²) < 4.78 is 0. The van der Waals surface area contributed by atoms with Crippen molar-refractivity contribution in [3.05, 3.63) is 36.0 Å². The van der Waals surface area contributed by atoms with E-state index in [0.29, 0.717) is 18.9 Å². The van der Waals surface area contributed by atoms with Gasteiger partial charge in [0.1, 0.15) is 0 Å². The lowest BCUT2D eigenvalue weighted by atomic mass is 10.1. The molecule has 20 heavy (non-hydrogen) atoms. The van der Waals surface area contributed by atoms with E-state index in [0.717, 1.165) is 18.6 Å². The average molecular weight is 273 g/mol. The Labute approximate surface area is 120 Å². The van der Waals surface area contributed by atoms with Crippen LogP contribution in [0.15, 0.2) is 30.5 Å². The average Bonchev–Trinajstić information content (AvgIpc) is 2.88. The van der Waals surface area contributed by atoms with Crippen LogP contribution in [0.1, 0.15) is 25.8 Å².